The zero-order valence-electron chi connectivity index (χ0n) is 40.3. The fourth-order valence-electron chi connectivity index (χ4n) is 11.9. The summed E-state index contributed by atoms with van der Waals surface area (Å²) in [4.78, 5) is 6.40. The zero-order chi connectivity index (χ0) is 47.5. The summed E-state index contributed by atoms with van der Waals surface area (Å²) in [5.74, 6) is 1.18. The molecule has 0 bridgehead atoms. The van der Waals surface area contributed by atoms with Crippen molar-refractivity contribution in [1.29, 1.82) is 0 Å². The molecular formula is C64H51BN4S. The summed E-state index contributed by atoms with van der Waals surface area (Å²) in [6.45, 7) is 22.1. The molecule has 70 heavy (non-hydrogen) atoms. The van der Waals surface area contributed by atoms with E-state index in [1.165, 1.54) is 91.7 Å². The third kappa shape index (κ3) is 6.17. The van der Waals surface area contributed by atoms with Gasteiger partial charge in [0.25, 0.3) is 0 Å². The summed E-state index contributed by atoms with van der Waals surface area (Å²) in [7, 11) is 0. The van der Waals surface area contributed by atoms with Crippen molar-refractivity contribution in [3.8, 4) is 17.1 Å². The van der Waals surface area contributed by atoms with Gasteiger partial charge in [-0.1, -0.05) is 191 Å². The van der Waals surface area contributed by atoms with E-state index >= 15 is 0 Å². The summed E-state index contributed by atoms with van der Waals surface area (Å²) in [5, 5.41) is 7.25. The molecule has 6 heteroatoms. The average Bonchev–Trinajstić information content (AvgIpc) is 4.04. The fraction of sp³-hybridized carbons (Fsp3) is 0.141. The number of hydrogen-bond donors (Lipinski definition) is 0. The highest BCUT2D eigenvalue weighted by Gasteiger charge is 2.36. The van der Waals surface area contributed by atoms with Crippen molar-refractivity contribution in [3.05, 3.63) is 210 Å². The maximum atomic E-state index is 7.82. The Kier molecular flexibility index (Phi) is 9.81. The Hall–Kier alpha value is -7.72. The fourth-order valence-corrected chi connectivity index (χ4v) is 13.1. The molecule has 0 atom stereocenters. The van der Waals surface area contributed by atoms with Crippen molar-refractivity contribution >= 4 is 106 Å². The molecule has 336 valence electrons. The van der Waals surface area contributed by atoms with Gasteiger partial charge in [-0.25, -0.2) is 4.85 Å². The van der Waals surface area contributed by atoms with Crippen molar-refractivity contribution < 1.29 is 0 Å². The molecular weight excluding hydrogens is 868 g/mol. The number of aromatic nitrogens is 3. The first-order valence-corrected chi connectivity index (χ1v) is 25.6. The standard InChI is InChI=1S/C64H51BN4S/c1-38(2)41-35-49(39(3)4)61(50(36-41)40(5)6)65-51-24-14-18-28-56(51)70-57-37-45(33-34-52(57)65)69-55-27-17-13-23-48(55)60-63-58(47-22-12-16-26-54(47)68(63)44-31-29-42(66-7)30-32-44)62-59(64(60)69)46-21-11-15-25-53(46)67(62)43-19-9-8-10-20-43/h8-40H,1-6H3. The second-order valence-corrected chi connectivity index (χ2v) is 21.1. The summed E-state index contributed by atoms with van der Waals surface area (Å²) >= 11 is 1.91. The molecule has 4 nitrogen and oxygen atoms in total. The van der Waals surface area contributed by atoms with E-state index in [4.69, 9.17) is 6.57 Å². The van der Waals surface area contributed by atoms with E-state index in [0.717, 1.165) is 33.6 Å². The lowest BCUT2D eigenvalue weighted by Gasteiger charge is -2.32. The quantitative estimate of drug-likeness (QED) is 0.115. The van der Waals surface area contributed by atoms with Crippen LogP contribution in [0.3, 0.4) is 0 Å². The molecule has 0 spiro atoms. The van der Waals surface area contributed by atoms with Gasteiger partial charge in [-0.3, -0.25) is 0 Å². The Morgan fingerprint density at radius 1 is 0.429 bits per heavy atom. The van der Waals surface area contributed by atoms with Crippen LogP contribution in [0.4, 0.5) is 5.69 Å². The number of nitrogens with zero attached hydrogens (tertiary/aromatic N) is 4. The van der Waals surface area contributed by atoms with Crippen LogP contribution in [-0.4, -0.2) is 20.4 Å². The SMILES string of the molecule is [C-]#[N+]c1ccc(-n2c3ccccc3c3c2c2c4ccccc4n(-c4ccc5c(c4)Sc4ccccc4B5c4c(C(C)C)cc(C(C)C)cc4C(C)C)c2c2c4ccccc4n(-c4ccccc4)c32)cc1. The lowest BCUT2D eigenvalue weighted by Crippen LogP contribution is -2.57. The van der Waals surface area contributed by atoms with Crippen molar-refractivity contribution in [1.82, 2.24) is 13.7 Å². The van der Waals surface area contributed by atoms with Gasteiger partial charge in [0.1, 0.15) is 0 Å². The largest absolute Gasteiger partial charge is 0.309 e. The zero-order valence-corrected chi connectivity index (χ0v) is 41.1. The molecule has 13 rings (SSSR count). The highest BCUT2D eigenvalue weighted by Crippen LogP contribution is 2.50. The van der Waals surface area contributed by atoms with Gasteiger partial charge in [-0.2, -0.15) is 0 Å². The molecule has 0 fully saturated rings. The minimum absolute atomic E-state index is 0.0933. The van der Waals surface area contributed by atoms with E-state index in [-0.39, 0.29) is 6.71 Å². The molecule has 0 N–H and O–H groups in total. The van der Waals surface area contributed by atoms with Crippen LogP contribution in [0.2, 0.25) is 0 Å². The van der Waals surface area contributed by atoms with Gasteiger partial charge in [0, 0.05) is 59.2 Å². The average molecular weight is 919 g/mol. The second kappa shape index (κ2) is 16.2. The normalized spacial score (nSPS) is 12.7. The van der Waals surface area contributed by atoms with Crippen molar-refractivity contribution in [3.63, 3.8) is 0 Å². The second-order valence-electron chi connectivity index (χ2n) is 20.1. The molecule has 4 heterocycles. The Balaban J connectivity index is 1.19. The van der Waals surface area contributed by atoms with Crippen LogP contribution in [0.15, 0.2) is 192 Å². The third-order valence-electron chi connectivity index (χ3n) is 15.1. The van der Waals surface area contributed by atoms with Crippen LogP contribution in [0.25, 0.3) is 87.3 Å². The first-order valence-electron chi connectivity index (χ1n) is 24.7. The van der Waals surface area contributed by atoms with Gasteiger partial charge in [-0.05, 0) is 95.1 Å². The van der Waals surface area contributed by atoms with Crippen LogP contribution in [-0.2, 0) is 0 Å². The molecule has 12 aromatic rings. The van der Waals surface area contributed by atoms with Gasteiger partial charge in [0.05, 0.1) is 39.7 Å². The van der Waals surface area contributed by atoms with Gasteiger partial charge in [0.2, 0.25) is 6.71 Å². The number of fused-ring (bicyclic) bond motifs is 14. The monoisotopic (exact) mass is 918 g/mol. The molecule has 3 aromatic heterocycles. The first kappa shape index (κ1) is 42.4. The van der Waals surface area contributed by atoms with Gasteiger partial charge < -0.3 is 13.7 Å². The minimum atomic E-state index is 0.0933. The number of para-hydroxylation sites is 4. The molecule has 0 saturated carbocycles. The molecule has 0 amide bonds. The summed E-state index contributed by atoms with van der Waals surface area (Å²) in [6, 6.07) is 67.4. The maximum absolute atomic E-state index is 7.82. The lowest BCUT2D eigenvalue weighted by molar-refractivity contribution is 0.812. The lowest BCUT2D eigenvalue weighted by atomic mass is 9.34. The van der Waals surface area contributed by atoms with Crippen molar-refractivity contribution in [2.75, 3.05) is 0 Å². The minimum Gasteiger partial charge on any atom is -0.309 e. The smallest absolute Gasteiger partial charge is 0.244 e. The predicted octanol–water partition coefficient (Wildman–Crippen LogP) is 15.9. The van der Waals surface area contributed by atoms with E-state index in [0.29, 0.717) is 23.4 Å². The van der Waals surface area contributed by atoms with Crippen LogP contribution >= 0.6 is 11.8 Å². The van der Waals surface area contributed by atoms with E-state index in [9.17, 15) is 0 Å². The van der Waals surface area contributed by atoms with E-state index in [1.54, 1.807) is 0 Å². The molecule has 1 aliphatic rings. The van der Waals surface area contributed by atoms with Crippen LogP contribution in [0, 0.1) is 6.57 Å². The van der Waals surface area contributed by atoms with Gasteiger partial charge >= 0.3 is 0 Å². The van der Waals surface area contributed by atoms with Crippen molar-refractivity contribution in [2.24, 2.45) is 0 Å². The Morgan fingerprint density at radius 3 is 1.39 bits per heavy atom. The molecule has 0 radical (unpaired) electrons. The molecule has 0 unspecified atom stereocenters. The van der Waals surface area contributed by atoms with E-state index < -0.39 is 0 Å². The van der Waals surface area contributed by atoms with Crippen LogP contribution in [0.5, 0.6) is 0 Å². The molecule has 1 aliphatic heterocycles. The summed E-state index contributed by atoms with van der Waals surface area (Å²) in [5.41, 5.74) is 19.4. The topological polar surface area (TPSA) is 19.1 Å². The number of rotatable bonds is 7. The summed E-state index contributed by atoms with van der Waals surface area (Å²) in [6.07, 6.45) is 0. The predicted molar refractivity (Wildman–Crippen MR) is 300 cm³/mol. The molecule has 0 saturated heterocycles. The molecule has 0 aliphatic carbocycles. The number of hydrogen-bond acceptors (Lipinski definition) is 1. The first-order chi connectivity index (χ1) is 34.2. The maximum Gasteiger partial charge on any atom is 0.244 e. The highest BCUT2D eigenvalue weighted by molar-refractivity contribution is 8.00. The van der Waals surface area contributed by atoms with Crippen LogP contribution in [0.1, 0.15) is 76.0 Å². The van der Waals surface area contributed by atoms with Gasteiger partial charge in [0.15, 0.2) is 5.69 Å². The van der Waals surface area contributed by atoms with E-state index in [1.807, 2.05) is 23.9 Å². The van der Waals surface area contributed by atoms with Gasteiger partial charge in [-0.15, -0.1) is 0 Å². The van der Waals surface area contributed by atoms with Crippen molar-refractivity contribution in [2.45, 2.75) is 69.1 Å². The molecule has 9 aromatic carbocycles. The Labute approximate surface area is 413 Å². The Morgan fingerprint density at radius 2 is 0.871 bits per heavy atom. The summed E-state index contributed by atoms with van der Waals surface area (Å²) < 4.78 is 7.53. The van der Waals surface area contributed by atoms with E-state index in [2.05, 4.69) is 230 Å². The third-order valence-corrected chi connectivity index (χ3v) is 16.2. The highest BCUT2D eigenvalue weighted by atomic mass is 32.2. The van der Waals surface area contributed by atoms with Crippen LogP contribution < -0.4 is 16.4 Å². The number of benzene rings is 9. The Bertz CT molecular complexity index is 4110.